The van der Waals surface area contributed by atoms with Crippen LogP contribution < -0.4 is 5.32 Å². The number of hydrogen-bond acceptors (Lipinski definition) is 4. The van der Waals surface area contributed by atoms with Crippen molar-refractivity contribution in [2.24, 2.45) is 0 Å². The van der Waals surface area contributed by atoms with E-state index >= 15 is 0 Å². The van der Waals surface area contributed by atoms with E-state index in [0.717, 1.165) is 34.6 Å². The van der Waals surface area contributed by atoms with E-state index in [2.05, 4.69) is 51.7 Å². The molecule has 90 valence electrons. The molecule has 16 heavy (non-hydrogen) atoms. The fraction of sp³-hybridized carbons (Fsp3) is 0.636. The largest absolute Gasteiger partial charge is 0.373 e. The highest BCUT2D eigenvalue weighted by Crippen LogP contribution is 2.20. The summed E-state index contributed by atoms with van der Waals surface area (Å²) in [4.78, 5) is 8.80. The van der Waals surface area contributed by atoms with E-state index in [0.29, 0.717) is 0 Å². The number of rotatable bonds is 6. The predicted molar refractivity (Wildman–Crippen MR) is 73.6 cm³/mol. The van der Waals surface area contributed by atoms with Gasteiger partial charge < -0.3 is 10.1 Å². The molecule has 1 aromatic rings. The molecule has 0 aliphatic carbocycles. The molecule has 0 aliphatic heterocycles. The molecule has 0 bridgehead atoms. The first-order chi connectivity index (χ1) is 7.72. The van der Waals surface area contributed by atoms with Crippen LogP contribution in [-0.2, 0) is 4.74 Å². The summed E-state index contributed by atoms with van der Waals surface area (Å²) in [6.45, 7) is 5.12. The molecular formula is C11H18IN3O. The minimum Gasteiger partial charge on any atom is -0.373 e. The number of methoxy groups -OCH3 is 1. The van der Waals surface area contributed by atoms with Gasteiger partial charge in [0, 0.05) is 19.9 Å². The monoisotopic (exact) mass is 335 g/mol. The first kappa shape index (κ1) is 13.6. The average molecular weight is 335 g/mol. The topological polar surface area (TPSA) is 47.0 Å². The van der Waals surface area contributed by atoms with Crippen LogP contribution in [0, 0.1) is 3.57 Å². The summed E-state index contributed by atoms with van der Waals surface area (Å²) in [5.74, 6) is 1.66. The van der Waals surface area contributed by atoms with E-state index in [4.69, 9.17) is 4.74 Å². The second-order valence-corrected chi connectivity index (χ2v) is 4.65. The van der Waals surface area contributed by atoms with Gasteiger partial charge in [-0.1, -0.05) is 13.8 Å². The van der Waals surface area contributed by atoms with Crippen molar-refractivity contribution in [1.29, 1.82) is 0 Å². The van der Waals surface area contributed by atoms with Gasteiger partial charge in [-0.3, -0.25) is 0 Å². The Morgan fingerprint density at radius 1 is 1.50 bits per heavy atom. The van der Waals surface area contributed by atoms with Crippen molar-refractivity contribution in [3.8, 4) is 0 Å². The molecule has 1 atom stereocenters. The van der Waals surface area contributed by atoms with Gasteiger partial charge in [0.2, 0.25) is 0 Å². The van der Waals surface area contributed by atoms with E-state index in [1.165, 1.54) is 0 Å². The number of aromatic nitrogens is 2. The summed E-state index contributed by atoms with van der Waals surface area (Å²) in [6.07, 6.45) is 3.78. The summed E-state index contributed by atoms with van der Waals surface area (Å²) in [5.41, 5.74) is 0. The summed E-state index contributed by atoms with van der Waals surface area (Å²) in [5, 5.41) is 3.29. The van der Waals surface area contributed by atoms with Crippen LogP contribution in [0.2, 0.25) is 0 Å². The number of hydrogen-bond donors (Lipinski definition) is 1. The molecule has 0 fully saturated rings. The van der Waals surface area contributed by atoms with Crippen molar-refractivity contribution >= 4 is 28.4 Å². The Balaban J connectivity index is 2.87. The van der Waals surface area contributed by atoms with Gasteiger partial charge >= 0.3 is 0 Å². The zero-order valence-corrected chi connectivity index (χ0v) is 12.1. The van der Waals surface area contributed by atoms with E-state index in [1.807, 2.05) is 6.20 Å². The number of anilines is 1. The SMILES string of the molecule is CCCNc1nc(C(CC)OC)ncc1I. The summed E-state index contributed by atoms with van der Waals surface area (Å²) >= 11 is 2.24. The molecule has 1 rings (SSSR count). The highest BCUT2D eigenvalue weighted by molar-refractivity contribution is 14.1. The smallest absolute Gasteiger partial charge is 0.159 e. The van der Waals surface area contributed by atoms with E-state index in [-0.39, 0.29) is 6.10 Å². The highest BCUT2D eigenvalue weighted by atomic mass is 127. The quantitative estimate of drug-likeness (QED) is 0.812. The lowest BCUT2D eigenvalue weighted by molar-refractivity contribution is 0.0926. The van der Waals surface area contributed by atoms with Gasteiger partial charge in [0.25, 0.3) is 0 Å². The third-order valence-electron chi connectivity index (χ3n) is 2.25. The molecule has 0 spiro atoms. The zero-order chi connectivity index (χ0) is 12.0. The fourth-order valence-corrected chi connectivity index (χ4v) is 1.81. The molecule has 0 aliphatic rings. The van der Waals surface area contributed by atoms with Gasteiger partial charge in [0.05, 0.1) is 3.57 Å². The van der Waals surface area contributed by atoms with Crippen LogP contribution >= 0.6 is 22.6 Å². The van der Waals surface area contributed by atoms with Crippen molar-refractivity contribution in [2.45, 2.75) is 32.8 Å². The maximum atomic E-state index is 5.33. The molecule has 1 aromatic heterocycles. The van der Waals surface area contributed by atoms with Crippen LogP contribution in [0.5, 0.6) is 0 Å². The Hall–Kier alpha value is -0.430. The third-order valence-corrected chi connectivity index (χ3v) is 3.04. The van der Waals surface area contributed by atoms with Gasteiger partial charge in [0.1, 0.15) is 11.9 Å². The molecule has 0 saturated heterocycles. The standard InChI is InChI=1S/C11H18IN3O/c1-4-6-13-10-8(12)7-14-11(15-10)9(5-2)16-3/h7,9H,4-6H2,1-3H3,(H,13,14,15). The first-order valence-corrected chi connectivity index (χ1v) is 6.59. The number of nitrogens with one attached hydrogen (secondary N) is 1. The molecule has 0 aromatic carbocycles. The van der Waals surface area contributed by atoms with Gasteiger partial charge in [0.15, 0.2) is 5.82 Å². The summed E-state index contributed by atoms with van der Waals surface area (Å²) in [7, 11) is 1.69. The minimum absolute atomic E-state index is 0.0147. The van der Waals surface area contributed by atoms with Crippen molar-refractivity contribution in [2.75, 3.05) is 19.0 Å². The van der Waals surface area contributed by atoms with Crippen LogP contribution in [0.1, 0.15) is 38.6 Å². The van der Waals surface area contributed by atoms with Crippen molar-refractivity contribution in [3.63, 3.8) is 0 Å². The van der Waals surface area contributed by atoms with Crippen molar-refractivity contribution in [1.82, 2.24) is 9.97 Å². The molecule has 1 unspecified atom stereocenters. The molecule has 0 saturated carbocycles. The average Bonchev–Trinajstić information content (AvgIpc) is 2.31. The van der Waals surface area contributed by atoms with Crippen molar-refractivity contribution in [3.05, 3.63) is 15.6 Å². The van der Waals surface area contributed by atoms with Gasteiger partial charge in [-0.2, -0.15) is 0 Å². The molecule has 5 heteroatoms. The predicted octanol–water partition coefficient (Wildman–Crippen LogP) is 3.00. The normalized spacial score (nSPS) is 12.5. The number of ether oxygens (including phenoxy) is 1. The Kier molecular flexibility index (Phi) is 5.97. The van der Waals surface area contributed by atoms with Crippen LogP contribution in [0.25, 0.3) is 0 Å². The Morgan fingerprint density at radius 2 is 2.25 bits per heavy atom. The number of nitrogens with zero attached hydrogens (tertiary/aromatic N) is 2. The molecule has 1 heterocycles. The Bertz CT molecular complexity index is 329. The van der Waals surface area contributed by atoms with Gasteiger partial charge in [-0.15, -0.1) is 0 Å². The minimum atomic E-state index is -0.0147. The molecule has 0 amide bonds. The molecule has 1 N–H and O–H groups in total. The molecular weight excluding hydrogens is 317 g/mol. The molecule has 0 radical (unpaired) electrons. The lowest BCUT2D eigenvalue weighted by Gasteiger charge is -2.13. The Labute approximate surface area is 110 Å². The van der Waals surface area contributed by atoms with E-state index in [9.17, 15) is 0 Å². The lowest BCUT2D eigenvalue weighted by atomic mass is 10.2. The van der Waals surface area contributed by atoms with Crippen LogP contribution in [0.4, 0.5) is 5.82 Å². The lowest BCUT2D eigenvalue weighted by Crippen LogP contribution is -2.10. The third kappa shape index (κ3) is 3.55. The first-order valence-electron chi connectivity index (χ1n) is 5.52. The maximum Gasteiger partial charge on any atom is 0.159 e. The summed E-state index contributed by atoms with van der Waals surface area (Å²) < 4.78 is 6.37. The van der Waals surface area contributed by atoms with Crippen LogP contribution in [0.3, 0.4) is 0 Å². The second kappa shape index (κ2) is 7.01. The Morgan fingerprint density at radius 3 is 2.81 bits per heavy atom. The number of halogens is 1. The van der Waals surface area contributed by atoms with Gasteiger partial charge in [-0.05, 0) is 35.4 Å². The van der Waals surface area contributed by atoms with Gasteiger partial charge in [-0.25, -0.2) is 9.97 Å². The second-order valence-electron chi connectivity index (χ2n) is 3.48. The zero-order valence-electron chi connectivity index (χ0n) is 9.96. The maximum absolute atomic E-state index is 5.33. The van der Waals surface area contributed by atoms with E-state index < -0.39 is 0 Å². The van der Waals surface area contributed by atoms with Crippen molar-refractivity contribution < 1.29 is 4.74 Å². The summed E-state index contributed by atoms with van der Waals surface area (Å²) in [6, 6.07) is 0. The van der Waals surface area contributed by atoms with Crippen LogP contribution in [-0.4, -0.2) is 23.6 Å². The van der Waals surface area contributed by atoms with Crippen LogP contribution in [0.15, 0.2) is 6.20 Å². The molecule has 4 nitrogen and oxygen atoms in total. The highest BCUT2D eigenvalue weighted by Gasteiger charge is 2.13. The fourth-order valence-electron chi connectivity index (χ4n) is 1.36. The van der Waals surface area contributed by atoms with E-state index in [1.54, 1.807) is 7.11 Å².